The summed E-state index contributed by atoms with van der Waals surface area (Å²) in [6.07, 6.45) is 1.16. The molecule has 0 fully saturated rings. The average molecular weight is 244 g/mol. The molecule has 0 aliphatic carbocycles. The van der Waals surface area contributed by atoms with Crippen molar-refractivity contribution in [2.24, 2.45) is 0 Å². The number of thioether (sulfide) groups is 1. The predicted octanol–water partition coefficient (Wildman–Crippen LogP) is 3.70. The van der Waals surface area contributed by atoms with E-state index in [9.17, 15) is 0 Å². The van der Waals surface area contributed by atoms with E-state index in [2.05, 4.69) is 46.4 Å². The summed E-state index contributed by atoms with van der Waals surface area (Å²) in [5, 5.41) is 4.02. The van der Waals surface area contributed by atoms with Gasteiger partial charge < -0.3 is 5.32 Å². The van der Waals surface area contributed by atoms with E-state index in [1.54, 1.807) is 0 Å². The van der Waals surface area contributed by atoms with Crippen LogP contribution in [0.5, 0.6) is 0 Å². The van der Waals surface area contributed by atoms with E-state index in [1.807, 2.05) is 11.8 Å². The van der Waals surface area contributed by atoms with Gasteiger partial charge in [-0.2, -0.15) is 0 Å². The van der Waals surface area contributed by atoms with E-state index < -0.39 is 0 Å². The fourth-order valence-electron chi connectivity index (χ4n) is 1.25. The second-order valence-corrected chi connectivity index (χ2v) is 4.96. The second kappa shape index (κ2) is 3.30. The van der Waals surface area contributed by atoms with Gasteiger partial charge in [-0.05, 0) is 24.6 Å². The van der Waals surface area contributed by atoms with Crippen molar-refractivity contribution in [3.63, 3.8) is 0 Å². The van der Waals surface area contributed by atoms with Crippen molar-refractivity contribution >= 4 is 33.4 Å². The van der Waals surface area contributed by atoms with Crippen LogP contribution >= 0.6 is 27.7 Å². The monoisotopic (exact) mass is 243 g/mol. The van der Waals surface area contributed by atoms with E-state index in [1.165, 1.54) is 10.6 Å². The first-order valence-electron chi connectivity index (χ1n) is 4.02. The van der Waals surface area contributed by atoms with E-state index in [4.69, 9.17) is 0 Å². The lowest BCUT2D eigenvalue weighted by Crippen LogP contribution is -2.06. The molecule has 1 N–H and O–H groups in total. The zero-order valence-electron chi connectivity index (χ0n) is 6.80. The van der Waals surface area contributed by atoms with Gasteiger partial charge in [0.2, 0.25) is 0 Å². The molecule has 0 radical (unpaired) electrons. The molecule has 0 amide bonds. The highest BCUT2D eigenvalue weighted by molar-refractivity contribution is 9.10. The first-order valence-corrected chi connectivity index (χ1v) is 5.69. The minimum Gasteiger partial charge on any atom is -0.372 e. The summed E-state index contributed by atoms with van der Waals surface area (Å²) >= 11 is 5.37. The van der Waals surface area contributed by atoms with Crippen molar-refractivity contribution in [2.75, 3.05) is 5.32 Å². The zero-order chi connectivity index (χ0) is 8.55. The van der Waals surface area contributed by atoms with E-state index in [0.717, 1.165) is 10.9 Å². The van der Waals surface area contributed by atoms with Crippen molar-refractivity contribution in [1.82, 2.24) is 0 Å². The third-order valence-corrected chi connectivity index (χ3v) is 3.72. The van der Waals surface area contributed by atoms with Gasteiger partial charge in [0.25, 0.3) is 0 Å². The minimum atomic E-state index is 0.564. The molecule has 0 saturated heterocycles. The lowest BCUT2D eigenvalue weighted by Gasteiger charge is -2.04. The Morgan fingerprint density at radius 2 is 2.42 bits per heavy atom. The summed E-state index contributed by atoms with van der Waals surface area (Å²) in [7, 11) is 0. The molecule has 1 aromatic rings. The van der Waals surface area contributed by atoms with Crippen LogP contribution in [0.3, 0.4) is 0 Å². The Kier molecular flexibility index (Phi) is 2.33. The highest BCUT2D eigenvalue weighted by atomic mass is 79.9. The maximum Gasteiger partial charge on any atom is 0.0767 e. The third kappa shape index (κ3) is 1.48. The van der Waals surface area contributed by atoms with Gasteiger partial charge in [0.15, 0.2) is 0 Å². The highest BCUT2D eigenvalue weighted by Crippen LogP contribution is 2.40. The third-order valence-electron chi connectivity index (χ3n) is 1.90. The molecular weight excluding hydrogens is 234 g/mol. The molecular formula is C9H10BrNS. The van der Waals surface area contributed by atoms with E-state index in [-0.39, 0.29) is 0 Å². The van der Waals surface area contributed by atoms with Crippen LogP contribution in [0.15, 0.2) is 27.6 Å². The molecule has 1 aliphatic heterocycles. The van der Waals surface area contributed by atoms with Crippen LogP contribution in [0.25, 0.3) is 0 Å². The van der Waals surface area contributed by atoms with Gasteiger partial charge in [-0.15, -0.1) is 0 Å². The minimum absolute atomic E-state index is 0.564. The van der Waals surface area contributed by atoms with Gasteiger partial charge in [-0.3, -0.25) is 0 Å². The van der Waals surface area contributed by atoms with Crippen molar-refractivity contribution in [3.8, 4) is 0 Å². The molecule has 1 atom stereocenters. The van der Waals surface area contributed by atoms with Crippen LogP contribution in [0.2, 0.25) is 0 Å². The fourth-order valence-corrected chi connectivity index (χ4v) is 2.88. The first-order chi connectivity index (χ1) is 5.79. The molecule has 64 valence electrons. The van der Waals surface area contributed by atoms with Gasteiger partial charge in [0.1, 0.15) is 0 Å². The van der Waals surface area contributed by atoms with Gasteiger partial charge in [0, 0.05) is 15.1 Å². The first kappa shape index (κ1) is 8.45. The Morgan fingerprint density at radius 3 is 3.17 bits per heavy atom. The van der Waals surface area contributed by atoms with Crippen LogP contribution in [0.4, 0.5) is 5.69 Å². The maximum atomic E-state index is 3.47. The van der Waals surface area contributed by atoms with Gasteiger partial charge in [0.05, 0.1) is 5.37 Å². The van der Waals surface area contributed by atoms with Crippen molar-refractivity contribution < 1.29 is 0 Å². The number of anilines is 1. The van der Waals surface area contributed by atoms with Gasteiger partial charge >= 0.3 is 0 Å². The highest BCUT2D eigenvalue weighted by Gasteiger charge is 2.18. The number of rotatable bonds is 1. The number of halogens is 1. The summed E-state index contributed by atoms with van der Waals surface area (Å²) in [4.78, 5) is 1.36. The fraction of sp³-hybridized carbons (Fsp3) is 0.333. The summed E-state index contributed by atoms with van der Waals surface area (Å²) in [6, 6.07) is 6.37. The van der Waals surface area contributed by atoms with E-state index >= 15 is 0 Å². The van der Waals surface area contributed by atoms with E-state index in [0.29, 0.717) is 5.37 Å². The van der Waals surface area contributed by atoms with Crippen LogP contribution in [-0.2, 0) is 0 Å². The number of hydrogen-bond acceptors (Lipinski definition) is 2. The molecule has 1 aliphatic rings. The lowest BCUT2D eigenvalue weighted by molar-refractivity contribution is 0.931. The molecule has 0 spiro atoms. The van der Waals surface area contributed by atoms with Crippen LogP contribution in [-0.4, -0.2) is 5.37 Å². The Balaban J connectivity index is 2.30. The van der Waals surface area contributed by atoms with Crippen molar-refractivity contribution in [1.29, 1.82) is 0 Å². The summed E-state index contributed by atoms with van der Waals surface area (Å²) < 4.78 is 1.16. The number of benzene rings is 1. The molecule has 1 heterocycles. The van der Waals surface area contributed by atoms with Gasteiger partial charge in [-0.1, -0.05) is 34.6 Å². The Bertz CT molecular complexity index is 301. The van der Waals surface area contributed by atoms with Crippen LogP contribution in [0.1, 0.15) is 13.3 Å². The number of fused-ring (bicyclic) bond motifs is 1. The second-order valence-electron chi connectivity index (χ2n) is 2.80. The lowest BCUT2D eigenvalue weighted by atomic mass is 10.3. The topological polar surface area (TPSA) is 12.0 Å². The van der Waals surface area contributed by atoms with Crippen LogP contribution in [0, 0.1) is 0 Å². The van der Waals surface area contributed by atoms with Crippen LogP contribution < -0.4 is 5.32 Å². The Hall–Kier alpha value is -0.150. The molecule has 3 heteroatoms. The SMILES string of the molecule is CCC1Nc2ccc(Br)cc2S1. The Labute approximate surface area is 85.1 Å². The molecule has 12 heavy (non-hydrogen) atoms. The van der Waals surface area contributed by atoms with Gasteiger partial charge in [-0.25, -0.2) is 0 Å². The Morgan fingerprint density at radius 1 is 1.58 bits per heavy atom. The molecule has 1 aromatic carbocycles. The maximum absolute atomic E-state index is 3.47. The molecule has 0 saturated carbocycles. The summed E-state index contributed by atoms with van der Waals surface area (Å²) in [5.41, 5.74) is 1.27. The summed E-state index contributed by atoms with van der Waals surface area (Å²) in [5.74, 6) is 0. The number of nitrogens with one attached hydrogen (secondary N) is 1. The largest absolute Gasteiger partial charge is 0.372 e. The number of hydrogen-bond donors (Lipinski definition) is 1. The zero-order valence-corrected chi connectivity index (χ0v) is 9.21. The quantitative estimate of drug-likeness (QED) is 0.808. The molecule has 0 bridgehead atoms. The summed E-state index contributed by atoms with van der Waals surface area (Å²) in [6.45, 7) is 2.20. The average Bonchev–Trinajstić information content (AvgIpc) is 2.46. The van der Waals surface area contributed by atoms with Crippen molar-refractivity contribution in [3.05, 3.63) is 22.7 Å². The predicted molar refractivity (Wildman–Crippen MR) is 57.7 cm³/mol. The molecule has 1 unspecified atom stereocenters. The van der Waals surface area contributed by atoms with Crippen molar-refractivity contribution in [2.45, 2.75) is 23.6 Å². The normalized spacial score (nSPS) is 20.3. The standard InChI is InChI=1S/C9H10BrNS/c1-2-9-11-7-4-3-6(10)5-8(7)12-9/h3-5,9,11H,2H2,1H3. The molecule has 0 aromatic heterocycles. The smallest absolute Gasteiger partial charge is 0.0767 e. The molecule has 2 rings (SSSR count). The molecule has 1 nitrogen and oxygen atoms in total.